The van der Waals surface area contributed by atoms with Crippen molar-refractivity contribution in [1.29, 1.82) is 0 Å². The lowest BCUT2D eigenvalue weighted by atomic mass is 9.96. The number of hydrogen-bond acceptors (Lipinski definition) is 2. The van der Waals surface area contributed by atoms with E-state index in [0.29, 0.717) is 0 Å². The van der Waals surface area contributed by atoms with Gasteiger partial charge < -0.3 is 9.47 Å². The van der Waals surface area contributed by atoms with Crippen molar-refractivity contribution in [1.82, 2.24) is 0 Å². The van der Waals surface area contributed by atoms with Crippen LogP contribution in [0.3, 0.4) is 0 Å². The summed E-state index contributed by atoms with van der Waals surface area (Å²) in [7, 11) is -2.08. The number of hydrogen-bond donors (Lipinski definition) is 0. The monoisotopic (exact) mass is 404 g/mol. The molecule has 0 aromatic heterocycles. The Hall–Kier alpha value is -0.426. The summed E-state index contributed by atoms with van der Waals surface area (Å²) in [6.07, 6.45) is 10.2. The Morgan fingerprint density at radius 3 is 1.96 bits per heavy atom. The SMILES string of the molecule is CC[SiH](C)C1(C2([SiH](C)CCCc3ccccc3)CCCCO2)CCCCO1. The molecule has 4 heteroatoms. The van der Waals surface area contributed by atoms with Crippen molar-refractivity contribution in [2.45, 2.75) is 93.9 Å². The third-order valence-corrected chi connectivity index (χ3v) is 15.4. The van der Waals surface area contributed by atoms with Crippen molar-refractivity contribution in [3.8, 4) is 0 Å². The van der Waals surface area contributed by atoms with E-state index in [0.717, 1.165) is 13.2 Å². The molecule has 3 rings (SSSR count). The summed E-state index contributed by atoms with van der Waals surface area (Å²) in [6, 6.07) is 13.7. The van der Waals surface area contributed by atoms with Crippen LogP contribution >= 0.6 is 0 Å². The first-order valence-corrected chi connectivity index (χ1v) is 16.6. The zero-order chi connectivity index (χ0) is 19.2. The van der Waals surface area contributed by atoms with E-state index in [4.69, 9.17) is 9.47 Å². The fourth-order valence-electron chi connectivity index (χ4n) is 5.73. The highest BCUT2D eigenvalue weighted by Gasteiger charge is 2.59. The van der Waals surface area contributed by atoms with Crippen LogP contribution in [-0.2, 0) is 15.9 Å². The molecular formula is C23H40O2Si2. The molecule has 2 fully saturated rings. The van der Waals surface area contributed by atoms with Crippen LogP contribution in [0.15, 0.2) is 30.3 Å². The Labute approximate surface area is 170 Å². The van der Waals surface area contributed by atoms with Gasteiger partial charge in [0.15, 0.2) is 0 Å². The molecule has 4 unspecified atom stereocenters. The Balaban J connectivity index is 1.78. The molecule has 0 spiro atoms. The Morgan fingerprint density at radius 2 is 1.44 bits per heavy atom. The Morgan fingerprint density at radius 1 is 0.852 bits per heavy atom. The first-order valence-electron chi connectivity index (χ1n) is 11.5. The quantitative estimate of drug-likeness (QED) is 0.547. The molecule has 1 aromatic rings. The Bertz CT molecular complexity index is 551. The van der Waals surface area contributed by atoms with Gasteiger partial charge in [0.05, 0.1) is 28.0 Å². The minimum absolute atomic E-state index is 0.101. The maximum Gasteiger partial charge on any atom is 0.0800 e. The number of ether oxygens (including phenoxy) is 2. The molecule has 152 valence electrons. The molecule has 4 atom stereocenters. The standard InChI is InChI=1S/C23H40O2Si2/c1-4-26(2)22(16-8-10-18-24-22)23(17-9-11-19-25-23)27(3)20-12-15-21-13-6-5-7-14-21/h5-7,13-14,26-27H,4,8-12,15-20H2,1-3H3. The van der Waals surface area contributed by atoms with E-state index < -0.39 is 17.6 Å². The fourth-order valence-corrected chi connectivity index (χ4v) is 13.7. The fraction of sp³-hybridized carbons (Fsp3) is 0.739. The summed E-state index contributed by atoms with van der Waals surface area (Å²) >= 11 is 0. The molecule has 27 heavy (non-hydrogen) atoms. The molecule has 2 aliphatic heterocycles. The van der Waals surface area contributed by atoms with Crippen LogP contribution in [-0.4, -0.2) is 41.3 Å². The Kier molecular flexibility index (Phi) is 7.77. The highest BCUT2D eigenvalue weighted by Crippen LogP contribution is 2.47. The third kappa shape index (κ3) is 4.44. The van der Waals surface area contributed by atoms with Crippen molar-refractivity contribution in [2.75, 3.05) is 13.2 Å². The van der Waals surface area contributed by atoms with E-state index in [1.807, 2.05) is 0 Å². The van der Waals surface area contributed by atoms with E-state index in [1.54, 1.807) is 0 Å². The summed E-state index contributed by atoms with van der Waals surface area (Å²) < 4.78 is 13.7. The lowest BCUT2D eigenvalue weighted by Crippen LogP contribution is -2.72. The average Bonchev–Trinajstić information content (AvgIpc) is 2.74. The first kappa shape index (κ1) is 21.3. The third-order valence-electron chi connectivity index (χ3n) is 7.47. The van der Waals surface area contributed by atoms with Crippen molar-refractivity contribution in [2.24, 2.45) is 0 Å². The molecule has 2 heterocycles. The molecule has 0 N–H and O–H groups in total. The van der Waals surface area contributed by atoms with Crippen molar-refractivity contribution < 1.29 is 9.47 Å². The number of aryl methyl sites for hydroxylation is 1. The first-order chi connectivity index (χ1) is 13.1. The van der Waals surface area contributed by atoms with Gasteiger partial charge in [-0.25, -0.2) is 0 Å². The van der Waals surface area contributed by atoms with Gasteiger partial charge in [-0.3, -0.25) is 0 Å². The van der Waals surface area contributed by atoms with Crippen LogP contribution < -0.4 is 0 Å². The molecule has 0 saturated carbocycles. The van der Waals surface area contributed by atoms with Crippen LogP contribution in [0.4, 0.5) is 0 Å². The van der Waals surface area contributed by atoms with Gasteiger partial charge in [0, 0.05) is 13.2 Å². The van der Waals surface area contributed by atoms with Crippen LogP contribution in [0, 0.1) is 0 Å². The molecule has 0 bridgehead atoms. The second-order valence-corrected chi connectivity index (χ2v) is 15.8. The summed E-state index contributed by atoms with van der Waals surface area (Å²) in [5, 5.41) is 0.211. The normalized spacial score (nSPS) is 31.4. The number of benzene rings is 1. The minimum atomic E-state index is -1.08. The van der Waals surface area contributed by atoms with Crippen LogP contribution in [0.2, 0.25) is 25.2 Å². The predicted molar refractivity (Wildman–Crippen MR) is 121 cm³/mol. The summed E-state index contributed by atoms with van der Waals surface area (Å²) in [5.41, 5.74) is 1.48. The largest absolute Gasteiger partial charge is 0.376 e. The topological polar surface area (TPSA) is 18.5 Å². The van der Waals surface area contributed by atoms with E-state index in [-0.39, 0.29) is 10.4 Å². The zero-order valence-corrected chi connectivity index (χ0v) is 20.2. The van der Waals surface area contributed by atoms with Gasteiger partial charge in [-0.1, -0.05) is 68.9 Å². The zero-order valence-electron chi connectivity index (χ0n) is 17.8. The highest BCUT2D eigenvalue weighted by atomic mass is 28.3. The maximum absolute atomic E-state index is 6.87. The van der Waals surface area contributed by atoms with Gasteiger partial charge >= 0.3 is 0 Å². The summed E-state index contributed by atoms with van der Waals surface area (Å²) in [4.78, 5) is 0. The lowest BCUT2D eigenvalue weighted by molar-refractivity contribution is -0.165. The summed E-state index contributed by atoms with van der Waals surface area (Å²) in [5.74, 6) is 0. The molecular weight excluding hydrogens is 364 g/mol. The van der Waals surface area contributed by atoms with Gasteiger partial charge in [-0.05, 0) is 50.5 Å². The second kappa shape index (κ2) is 9.86. The van der Waals surface area contributed by atoms with Gasteiger partial charge in [-0.15, -0.1) is 0 Å². The molecule has 2 nitrogen and oxygen atoms in total. The van der Waals surface area contributed by atoms with Gasteiger partial charge in [-0.2, -0.15) is 0 Å². The minimum Gasteiger partial charge on any atom is -0.376 e. The predicted octanol–water partition coefficient (Wildman–Crippen LogP) is 5.31. The van der Waals surface area contributed by atoms with Crippen LogP contribution in [0.5, 0.6) is 0 Å². The lowest BCUT2D eigenvalue weighted by Gasteiger charge is -2.58. The molecule has 0 radical (unpaired) electrons. The van der Waals surface area contributed by atoms with E-state index in [9.17, 15) is 0 Å². The number of rotatable bonds is 8. The molecule has 1 aromatic carbocycles. The smallest absolute Gasteiger partial charge is 0.0800 e. The van der Waals surface area contributed by atoms with Crippen LogP contribution in [0.1, 0.15) is 57.4 Å². The van der Waals surface area contributed by atoms with Gasteiger partial charge in [0.25, 0.3) is 0 Å². The molecule has 2 aliphatic rings. The van der Waals surface area contributed by atoms with E-state index in [2.05, 4.69) is 50.3 Å². The summed E-state index contributed by atoms with van der Waals surface area (Å²) in [6.45, 7) is 9.50. The van der Waals surface area contributed by atoms with Crippen molar-refractivity contribution in [3.05, 3.63) is 35.9 Å². The van der Waals surface area contributed by atoms with Crippen molar-refractivity contribution in [3.63, 3.8) is 0 Å². The van der Waals surface area contributed by atoms with E-state index >= 15 is 0 Å². The second-order valence-electron chi connectivity index (χ2n) is 8.98. The highest BCUT2D eigenvalue weighted by molar-refractivity contribution is 6.68. The van der Waals surface area contributed by atoms with Gasteiger partial charge in [0.1, 0.15) is 0 Å². The van der Waals surface area contributed by atoms with Crippen molar-refractivity contribution >= 4 is 17.6 Å². The molecule has 2 saturated heterocycles. The average molecular weight is 405 g/mol. The molecule has 0 amide bonds. The maximum atomic E-state index is 6.87. The van der Waals surface area contributed by atoms with E-state index in [1.165, 1.54) is 69.0 Å². The van der Waals surface area contributed by atoms with Gasteiger partial charge in [0.2, 0.25) is 0 Å². The molecule has 0 aliphatic carbocycles. The van der Waals surface area contributed by atoms with Crippen LogP contribution in [0.25, 0.3) is 0 Å².